The number of fused-ring (bicyclic) bond motifs is 1. The number of anilines is 1. The molecule has 28 heavy (non-hydrogen) atoms. The van der Waals surface area contributed by atoms with Crippen molar-refractivity contribution in [1.29, 1.82) is 0 Å². The van der Waals surface area contributed by atoms with E-state index in [1.54, 1.807) is 28.8 Å². The van der Waals surface area contributed by atoms with Crippen molar-refractivity contribution in [3.05, 3.63) is 63.1 Å². The topological polar surface area (TPSA) is 67.5 Å². The second-order valence-electron chi connectivity index (χ2n) is 6.79. The third-order valence-electron chi connectivity index (χ3n) is 5.04. The van der Waals surface area contributed by atoms with Gasteiger partial charge in [0.2, 0.25) is 5.91 Å². The van der Waals surface area contributed by atoms with Gasteiger partial charge in [-0.25, -0.2) is 4.79 Å². The number of carbonyl (C=O) groups excluding carboxylic acids is 1. The molecule has 1 fully saturated rings. The molecule has 1 aliphatic heterocycles. The molecule has 0 aliphatic carbocycles. The molecule has 1 unspecified atom stereocenters. The summed E-state index contributed by atoms with van der Waals surface area (Å²) in [5, 5.41) is 3.81. The van der Waals surface area contributed by atoms with Crippen molar-refractivity contribution in [1.82, 2.24) is 9.47 Å². The van der Waals surface area contributed by atoms with Gasteiger partial charge in [-0.05, 0) is 49.7 Å². The molecule has 6 nitrogen and oxygen atoms in total. The van der Waals surface area contributed by atoms with Gasteiger partial charge >= 0.3 is 5.76 Å². The maximum atomic E-state index is 12.8. The molecule has 1 aromatic heterocycles. The first-order valence-electron chi connectivity index (χ1n) is 9.11. The van der Waals surface area contributed by atoms with Gasteiger partial charge in [0.15, 0.2) is 5.58 Å². The van der Waals surface area contributed by atoms with E-state index in [2.05, 4.69) is 10.2 Å². The summed E-state index contributed by atoms with van der Waals surface area (Å²) < 4.78 is 6.88. The normalized spacial score (nSPS) is 17.3. The molecule has 1 amide bonds. The van der Waals surface area contributed by atoms with Crippen LogP contribution in [0.5, 0.6) is 0 Å². The van der Waals surface area contributed by atoms with Crippen molar-refractivity contribution >= 4 is 45.9 Å². The van der Waals surface area contributed by atoms with Crippen LogP contribution in [0.15, 0.2) is 51.7 Å². The van der Waals surface area contributed by atoms with Crippen molar-refractivity contribution in [2.75, 3.05) is 18.4 Å². The highest BCUT2D eigenvalue weighted by molar-refractivity contribution is 6.36. The number of benzene rings is 2. The zero-order valence-corrected chi connectivity index (χ0v) is 16.5. The molecule has 2 heterocycles. The number of aromatic nitrogens is 1. The van der Waals surface area contributed by atoms with Crippen LogP contribution in [-0.4, -0.2) is 34.5 Å². The first-order valence-corrected chi connectivity index (χ1v) is 9.87. The molecule has 3 aromatic rings. The van der Waals surface area contributed by atoms with Crippen molar-refractivity contribution in [2.24, 2.45) is 0 Å². The summed E-state index contributed by atoms with van der Waals surface area (Å²) >= 11 is 12.1. The number of carbonyl (C=O) groups is 1. The van der Waals surface area contributed by atoms with Gasteiger partial charge in [-0.1, -0.05) is 35.3 Å². The fourth-order valence-corrected chi connectivity index (χ4v) is 4.11. The molecular formula is C20H19Cl2N3O3. The smallest absolute Gasteiger partial charge is 0.408 e. The van der Waals surface area contributed by atoms with Gasteiger partial charge in [0.05, 0.1) is 22.3 Å². The van der Waals surface area contributed by atoms with Crippen LogP contribution in [0.1, 0.15) is 12.8 Å². The molecule has 2 aromatic carbocycles. The van der Waals surface area contributed by atoms with Gasteiger partial charge in [-0.2, -0.15) is 0 Å². The average molecular weight is 420 g/mol. The van der Waals surface area contributed by atoms with Crippen LogP contribution in [0.25, 0.3) is 11.1 Å². The molecule has 1 N–H and O–H groups in total. The molecule has 0 spiro atoms. The van der Waals surface area contributed by atoms with Crippen LogP contribution in [0.3, 0.4) is 0 Å². The highest BCUT2D eigenvalue weighted by Gasteiger charge is 2.31. The average Bonchev–Trinajstić information content (AvgIpc) is 3.26. The number of hydrogen-bond donors (Lipinski definition) is 1. The number of rotatable bonds is 5. The third kappa shape index (κ3) is 3.81. The van der Waals surface area contributed by atoms with Crippen molar-refractivity contribution in [3.8, 4) is 0 Å². The summed E-state index contributed by atoms with van der Waals surface area (Å²) in [6.07, 6.45) is 1.69. The van der Waals surface area contributed by atoms with Crippen LogP contribution in [-0.2, 0) is 11.3 Å². The lowest BCUT2D eigenvalue weighted by Crippen LogP contribution is -2.41. The summed E-state index contributed by atoms with van der Waals surface area (Å²) in [5.74, 6) is -0.486. The first kappa shape index (κ1) is 19.1. The van der Waals surface area contributed by atoms with E-state index in [0.29, 0.717) is 34.4 Å². The SMILES string of the molecule is O=C(Nc1ccc(Cl)cc1Cl)C1CCCN1CCn1c(=O)oc2ccccc21. The lowest BCUT2D eigenvalue weighted by Gasteiger charge is -2.23. The Hall–Kier alpha value is -2.28. The maximum Gasteiger partial charge on any atom is 0.419 e. The second-order valence-corrected chi connectivity index (χ2v) is 7.64. The van der Waals surface area contributed by atoms with E-state index in [1.807, 2.05) is 18.2 Å². The molecule has 1 atom stereocenters. The number of amides is 1. The lowest BCUT2D eigenvalue weighted by molar-refractivity contribution is -0.120. The number of hydrogen-bond acceptors (Lipinski definition) is 4. The summed E-state index contributed by atoms with van der Waals surface area (Å²) in [5.41, 5.74) is 1.88. The molecule has 0 bridgehead atoms. The molecule has 4 rings (SSSR count). The molecule has 1 saturated heterocycles. The zero-order chi connectivity index (χ0) is 19.7. The van der Waals surface area contributed by atoms with Gasteiger partial charge in [0.1, 0.15) is 0 Å². The van der Waals surface area contributed by atoms with Crippen LogP contribution >= 0.6 is 23.2 Å². The second kappa shape index (κ2) is 7.99. The maximum absolute atomic E-state index is 12.8. The van der Waals surface area contributed by atoms with Crippen molar-refractivity contribution in [2.45, 2.75) is 25.4 Å². The Bertz CT molecular complexity index is 1080. The van der Waals surface area contributed by atoms with Crippen LogP contribution in [0, 0.1) is 0 Å². The van der Waals surface area contributed by atoms with E-state index in [1.165, 1.54) is 0 Å². The quantitative estimate of drug-likeness (QED) is 0.678. The number of oxazole rings is 1. The van der Waals surface area contributed by atoms with E-state index in [9.17, 15) is 9.59 Å². The lowest BCUT2D eigenvalue weighted by atomic mass is 10.2. The third-order valence-corrected chi connectivity index (χ3v) is 5.59. The van der Waals surface area contributed by atoms with Crippen molar-refractivity contribution in [3.63, 3.8) is 0 Å². The Labute approximate surface area is 171 Å². The van der Waals surface area contributed by atoms with E-state index in [0.717, 1.165) is 24.9 Å². The highest BCUT2D eigenvalue weighted by Crippen LogP contribution is 2.27. The van der Waals surface area contributed by atoms with Gasteiger partial charge in [0.25, 0.3) is 0 Å². The largest absolute Gasteiger partial charge is 0.419 e. The van der Waals surface area contributed by atoms with Gasteiger partial charge in [-0.15, -0.1) is 0 Å². The minimum atomic E-state index is -0.380. The number of halogens is 2. The van der Waals surface area contributed by atoms with Gasteiger partial charge in [0, 0.05) is 18.1 Å². The zero-order valence-electron chi connectivity index (χ0n) is 15.0. The molecule has 146 valence electrons. The van der Waals surface area contributed by atoms with Crippen LogP contribution < -0.4 is 11.1 Å². The first-order chi connectivity index (χ1) is 13.5. The summed E-state index contributed by atoms with van der Waals surface area (Å²) in [6, 6.07) is 12.0. The molecule has 0 saturated carbocycles. The Morgan fingerprint density at radius 1 is 1.18 bits per heavy atom. The number of para-hydroxylation sites is 2. The predicted molar refractivity (Wildman–Crippen MR) is 110 cm³/mol. The van der Waals surface area contributed by atoms with E-state index in [-0.39, 0.29) is 17.7 Å². The molecular weight excluding hydrogens is 401 g/mol. The van der Waals surface area contributed by atoms with E-state index < -0.39 is 0 Å². The summed E-state index contributed by atoms with van der Waals surface area (Å²) in [4.78, 5) is 27.0. The standard InChI is InChI=1S/C20H19Cl2N3O3/c21-13-7-8-15(14(22)12-13)23-19(26)17-5-3-9-24(17)10-11-25-16-4-1-2-6-18(16)28-20(25)27/h1-2,4,6-8,12,17H,3,5,9-11H2,(H,23,26). The molecule has 8 heteroatoms. The minimum Gasteiger partial charge on any atom is -0.408 e. The van der Waals surface area contributed by atoms with Gasteiger partial charge < -0.3 is 9.73 Å². The number of nitrogens with one attached hydrogen (secondary N) is 1. The Morgan fingerprint density at radius 3 is 2.82 bits per heavy atom. The number of likely N-dealkylation sites (tertiary alicyclic amines) is 1. The fraction of sp³-hybridized carbons (Fsp3) is 0.300. The molecule has 1 aliphatic rings. The minimum absolute atomic E-state index is 0.105. The molecule has 0 radical (unpaired) electrons. The predicted octanol–water partition coefficient (Wildman–Crippen LogP) is 4.00. The van der Waals surface area contributed by atoms with E-state index in [4.69, 9.17) is 27.6 Å². The Balaban J connectivity index is 1.45. The van der Waals surface area contributed by atoms with Crippen molar-refractivity contribution < 1.29 is 9.21 Å². The van der Waals surface area contributed by atoms with Gasteiger partial charge in [-0.3, -0.25) is 14.3 Å². The number of nitrogens with zero attached hydrogens (tertiary/aromatic N) is 2. The van der Waals surface area contributed by atoms with E-state index >= 15 is 0 Å². The Morgan fingerprint density at radius 2 is 2.00 bits per heavy atom. The monoisotopic (exact) mass is 419 g/mol. The van der Waals surface area contributed by atoms with Crippen LogP contribution in [0.2, 0.25) is 10.0 Å². The summed E-state index contributed by atoms with van der Waals surface area (Å²) in [6.45, 7) is 1.84. The fourth-order valence-electron chi connectivity index (χ4n) is 3.65. The summed E-state index contributed by atoms with van der Waals surface area (Å²) in [7, 11) is 0. The van der Waals surface area contributed by atoms with Crippen LogP contribution in [0.4, 0.5) is 5.69 Å². The highest BCUT2D eigenvalue weighted by atomic mass is 35.5. The Kier molecular flexibility index (Phi) is 5.44.